The number of carbonyl (C=O) groups is 2. The predicted molar refractivity (Wildman–Crippen MR) is 102 cm³/mol. The van der Waals surface area contributed by atoms with Gasteiger partial charge in [0.1, 0.15) is 13.2 Å². The van der Waals surface area contributed by atoms with E-state index in [4.69, 9.17) is 9.47 Å². The Hall–Kier alpha value is -3.22. The molecule has 0 atom stereocenters. The lowest BCUT2D eigenvalue weighted by Gasteiger charge is -2.19. The number of ether oxygens (including phenoxy) is 2. The minimum atomic E-state index is -0.307. The van der Waals surface area contributed by atoms with Gasteiger partial charge in [-0.3, -0.25) is 4.79 Å². The van der Waals surface area contributed by atoms with E-state index in [0.29, 0.717) is 36.8 Å². The minimum absolute atomic E-state index is 0.0301. The van der Waals surface area contributed by atoms with Gasteiger partial charge in [0.25, 0.3) is 5.91 Å². The molecule has 0 radical (unpaired) electrons. The van der Waals surface area contributed by atoms with Crippen LogP contribution in [0.15, 0.2) is 42.5 Å². The number of fused-ring (bicyclic) bond motifs is 1. The summed E-state index contributed by atoms with van der Waals surface area (Å²) in [5, 5.41) is 8.33. The van der Waals surface area contributed by atoms with Crippen molar-refractivity contribution in [2.45, 2.75) is 26.4 Å². The molecule has 27 heavy (non-hydrogen) atoms. The summed E-state index contributed by atoms with van der Waals surface area (Å²) in [5.74, 6) is 1.18. The lowest BCUT2D eigenvalue weighted by molar-refractivity contribution is 0.0950. The molecule has 1 aliphatic rings. The molecule has 1 aliphatic heterocycles. The van der Waals surface area contributed by atoms with Gasteiger partial charge in [0.05, 0.1) is 0 Å². The van der Waals surface area contributed by atoms with Crippen LogP contribution in [0.2, 0.25) is 0 Å². The summed E-state index contributed by atoms with van der Waals surface area (Å²) < 4.78 is 11.0. The highest BCUT2D eigenvalue weighted by molar-refractivity contribution is 5.96. The zero-order valence-corrected chi connectivity index (χ0v) is 15.4. The van der Waals surface area contributed by atoms with Gasteiger partial charge in [-0.05, 0) is 49.7 Å². The second-order valence-electron chi connectivity index (χ2n) is 6.49. The third-order valence-electron chi connectivity index (χ3n) is 3.86. The second kappa shape index (κ2) is 8.44. The van der Waals surface area contributed by atoms with Gasteiger partial charge in [-0.1, -0.05) is 12.1 Å². The highest BCUT2D eigenvalue weighted by atomic mass is 16.6. The lowest BCUT2D eigenvalue weighted by atomic mass is 10.1. The largest absolute Gasteiger partial charge is 0.486 e. The first-order chi connectivity index (χ1) is 13.0. The number of rotatable bonds is 5. The molecule has 0 bridgehead atoms. The van der Waals surface area contributed by atoms with Crippen molar-refractivity contribution in [3.8, 4) is 11.5 Å². The van der Waals surface area contributed by atoms with E-state index in [-0.39, 0.29) is 18.0 Å². The molecule has 0 spiro atoms. The van der Waals surface area contributed by atoms with Crippen molar-refractivity contribution in [1.82, 2.24) is 10.6 Å². The SMILES string of the molecule is CC(C)NC(=O)Nc1cccc(C(=O)NCc2ccc3c(c2)OCCO3)c1. The number of benzene rings is 2. The summed E-state index contributed by atoms with van der Waals surface area (Å²) in [4.78, 5) is 24.2. The maximum Gasteiger partial charge on any atom is 0.319 e. The van der Waals surface area contributed by atoms with Crippen molar-refractivity contribution in [2.24, 2.45) is 0 Å². The van der Waals surface area contributed by atoms with E-state index in [2.05, 4.69) is 16.0 Å². The van der Waals surface area contributed by atoms with Crippen LogP contribution in [-0.2, 0) is 6.54 Å². The maximum absolute atomic E-state index is 12.4. The zero-order chi connectivity index (χ0) is 19.2. The molecule has 3 rings (SSSR count). The van der Waals surface area contributed by atoms with Gasteiger partial charge in [0.15, 0.2) is 11.5 Å². The molecule has 7 heteroatoms. The Morgan fingerprint density at radius 2 is 1.81 bits per heavy atom. The average molecular weight is 369 g/mol. The first-order valence-corrected chi connectivity index (χ1v) is 8.85. The van der Waals surface area contributed by atoms with E-state index < -0.39 is 0 Å². The topological polar surface area (TPSA) is 88.7 Å². The zero-order valence-electron chi connectivity index (χ0n) is 15.4. The van der Waals surface area contributed by atoms with Crippen molar-refractivity contribution >= 4 is 17.6 Å². The predicted octanol–water partition coefficient (Wildman–Crippen LogP) is 2.92. The fourth-order valence-corrected chi connectivity index (χ4v) is 2.65. The maximum atomic E-state index is 12.4. The van der Waals surface area contributed by atoms with Gasteiger partial charge in [-0.2, -0.15) is 0 Å². The molecule has 2 aromatic rings. The smallest absolute Gasteiger partial charge is 0.319 e. The number of anilines is 1. The molecule has 2 aromatic carbocycles. The van der Waals surface area contributed by atoms with E-state index in [1.165, 1.54) is 0 Å². The summed E-state index contributed by atoms with van der Waals surface area (Å²) in [5.41, 5.74) is 1.94. The Morgan fingerprint density at radius 1 is 1.04 bits per heavy atom. The normalized spacial score (nSPS) is 12.4. The van der Waals surface area contributed by atoms with Crippen molar-refractivity contribution in [2.75, 3.05) is 18.5 Å². The van der Waals surface area contributed by atoms with Crippen molar-refractivity contribution < 1.29 is 19.1 Å². The standard InChI is InChI=1S/C20H23N3O4/c1-13(2)22-20(25)23-16-5-3-4-15(11-16)19(24)21-12-14-6-7-17-18(10-14)27-9-8-26-17/h3-7,10-11,13H,8-9,12H2,1-2H3,(H,21,24)(H2,22,23,25). The third-order valence-corrected chi connectivity index (χ3v) is 3.86. The van der Waals surface area contributed by atoms with Crippen molar-refractivity contribution in [1.29, 1.82) is 0 Å². The Labute approximate surface area is 158 Å². The molecule has 0 fully saturated rings. The van der Waals surface area contributed by atoms with Gasteiger partial charge in [-0.25, -0.2) is 4.79 Å². The van der Waals surface area contributed by atoms with Crippen molar-refractivity contribution in [3.63, 3.8) is 0 Å². The number of amides is 3. The molecule has 7 nitrogen and oxygen atoms in total. The highest BCUT2D eigenvalue weighted by Gasteiger charge is 2.13. The molecule has 0 unspecified atom stereocenters. The highest BCUT2D eigenvalue weighted by Crippen LogP contribution is 2.30. The van der Waals surface area contributed by atoms with Gasteiger partial charge >= 0.3 is 6.03 Å². The average Bonchev–Trinajstić information content (AvgIpc) is 2.65. The Balaban J connectivity index is 1.59. The Bertz CT molecular complexity index is 836. The molecule has 142 valence electrons. The van der Waals surface area contributed by atoms with Crippen LogP contribution in [0.3, 0.4) is 0 Å². The molecule has 0 saturated carbocycles. The van der Waals surface area contributed by atoms with E-state index >= 15 is 0 Å². The molecule has 3 N–H and O–H groups in total. The van der Waals surface area contributed by atoms with E-state index in [0.717, 1.165) is 11.3 Å². The number of carbonyl (C=O) groups excluding carboxylic acids is 2. The molecular weight excluding hydrogens is 346 g/mol. The molecular formula is C20H23N3O4. The number of hydrogen-bond donors (Lipinski definition) is 3. The summed E-state index contributed by atoms with van der Waals surface area (Å²) in [6.07, 6.45) is 0. The van der Waals surface area contributed by atoms with E-state index in [1.54, 1.807) is 24.3 Å². The van der Waals surface area contributed by atoms with Crippen LogP contribution < -0.4 is 25.4 Å². The number of nitrogens with one attached hydrogen (secondary N) is 3. The van der Waals surface area contributed by atoms with Crippen LogP contribution in [0.1, 0.15) is 29.8 Å². The summed E-state index contributed by atoms with van der Waals surface area (Å²) in [6, 6.07) is 12.1. The van der Waals surface area contributed by atoms with Crippen LogP contribution in [0.25, 0.3) is 0 Å². The molecule has 3 amide bonds. The first kappa shape index (κ1) is 18.6. The molecule has 0 aromatic heterocycles. The quantitative estimate of drug-likeness (QED) is 0.756. The van der Waals surface area contributed by atoms with E-state index in [9.17, 15) is 9.59 Å². The molecule has 1 heterocycles. The van der Waals surface area contributed by atoms with Crippen LogP contribution in [-0.4, -0.2) is 31.2 Å². The first-order valence-electron chi connectivity index (χ1n) is 8.85. The van der Waals surface area contributed by atoms with Crippen LogP contribution >= 0.6 is 0 Å². The summed E-state index contributed by atoms with van der Waals surface area (Å²) >= 11 is 0. The number of urea groups is 1. The minimum Gasteiger partial charge on any atom is -0.486 e. The fraction of sp³-hybridized carbons (Fsp3) is 0.300. The monoisotopic (exact) mass is 369 g/mol. The lowest BCUT2D eigenvalue weighted by Crippen LogP contribution is -2.34. The van der Waals surface area contributed by atoms with Gasteiger partial charge in [0, 0.05) is 23.8 Å². The molecule has 0 saturated heterocycles. The van der Waals surface area contributed by atoms with Crippen LogP contribution in [0.5, 0.6) is 11.5 Å². The Kier molecular flexibility index (Phi) is 5.80. The number of hydrogen-bond acceptors (Lipinski definition) is 4. The van der Waals surface area contributed by atoms with Crippen molar-refractivity contribution in [3.05, 3.63) is 53.6 Å². The fourth-order valence-electron chi connectivity index (χ4n) is 2.65. The van der Waals surface area contributed by atoms with Gasteiger partial charge in [-0.15, -0.1) is 0 Å². The van der Waals surface area contributed by atoms with Crippen LogP contribution in [0, 0.1) is 0 Å². The summed E-state index contributed by atoms with van der Waals surface area (Å²) in [7, 11) is 0. The summed E-state index contributed by atoms with van der Waals surface area (Å²) in [6.45, 7) is 5.18. The Morgan fingerprint density at radius 3 is 2.59 bits per heavy atom. The van der Waals surface area contributed by atoms with Crippen LogP contribution in [0.4, 0.5) is 10.5 Å². The van der Waals surface area contributed by atoms with Gasteiger partial charge in [0.2, 0.25) is 0 Å². The van der Waals surface area contributed by atoms with E-state index in [1.807, 2.05) is 32.0 Å². The second-order valence-corrected chi connectivity index (χ2v) is 6.49. The molecule has 0 aliphatic carbocycles. The third kappa shape index (κ3) is 5.13. The van der Waals surface area contributed by atoms with Gasteiger partial charge < -0.3 is 25.4 Å².